The van der Waals surface area contributed by atoms with Crippen molar-refractivity contribution < 1.29 is 9.18 Å². The minimum Gasteiger partial charge on any atom is -0.307 e. The van der Waals surface area contributed by atoms with Crippen LogP contribution >= 0.6 is 0 Å². The van der Waals surface area contributed by atoms with Crippen LogP contribution in [-0.2, 0) is 17.6 Å². The Morgan fingerprint density at radius 2 is 2.31 bits per heavy atom. The van der Waals surface area contributed by atoms with Crippen LogP contribution in [0.15, 0.2) is 30.5 Å². The fourth-order valence-electron chi connectivity index (χ4n) is 3.84. The van der Waals surface area contributed by atoms with Crippen molar-refractivity contribution in [1.82, 2.24) is 15.3 Å². The van der Waals surface area contributed by atoms with Crippen molar-refractivity contribution in [3.63, 3.8) is 0 Å². The van der Waals surface area contributed by atoms with Gasteiger partial charge in [-0.1, -0.05) is 19.1 Å². The lowest BCUT2D eigenvalue weighted by Crippen LogP contribution is -2.33. The van der Waals surface area contributed by atoms with Crippen molar-refractivity contribution in [2.45, 2.75) is 51.1 Å². The van der Waals surface area contributed by atoms with Crippen molar-refractivity contribution in [3.8, 4) is 0 Å². The van der Waals surface area contributed by atoms with E-state index in [2.05, 4.69) is 20.6 Å². The molecule has 3 heterocycles. The van der Waals surface area contributed by atoms with E-state index in [0.717, 1.165) is 29.7 Å². The molecule has 1 saturated heterocycles. The van der Waals surface area contributed by atoms with Crippen LogP contribution in [0.25, 0.3) is 0 Å². The molecule has 1 aromatic heterocycles. The number of nitrogens with one attached hydrogen (secondary N) is 2. The number of halogens is 1. The van der Waals surface area contributed by atoms with Crippen molar-refractivity contribution in [3.05, 3.63) is 53.1 Å². The molecule has 2 aliphatic rings. The molecule has 1 amide bonds. The van der Waals surface area contributed by atoms with E-state index in [9.17, 15) is 9.18 Å². The summed E-state index contributed by atoms with van der Waals surface area (Å²) >= 11 is 0. The Balaban J connectivity index is 1.36. The molecule has 0 saturated carbocycles. The van der Waals surface area contributed by atoms with Gasteiger partial charge in [0.05, 0.1) is 5.69 Å². The van der Waals surface area contributed by atoms with E-state index in [1.807, 2.05) is 19.2 Å². The Morgan fingerprint density at radius 1 is 1.42 bits per heavy atom. The quantitative estimate of drug-likeness (QED) is 0.865. The average molecular weight is 354 g/mol. The molecule has 6 heteroatoms. The first-order chi connectivity index (χ1) is 12.6. The highest BCUT2D eigenvalue weighted by atomic mass is 19.1. The molecule has 5 nitrogen and oxygen atoms in total. The number of fused-ring (bicyclic) bond motifs is 4. The lowest BCUT2D eigenvalue weighted by Gasteiger charge is -2.23. The summed E-state index contributed by atoms with van der Waals surface area (Å²) < 4.78 is 13.2. The van der Waals surface area contributed by atoms with Gasteiger partial charge in [-0.15, -0.1) is 0 Å². The summed E-state index contributed by atoms with van der Waals surface area (Å²) in [5, 5.41) is 6.40. The van der Waals surface area contributed by atoms with Crippen LogP contribution in [0.4, 0.5) is 10.3 Å². The van der Waals surface area contributed by atoms with Gasteiger partial charge >= 0.3 is 0 Å². The first-order valence-corrected chi connectivity index (χ1v) is 9.25. The van der Waals surface area contributed by atoms with Gasteiger partial charge in [0.25, 0.3) is 0 Å². The molecule has 1 aromatic carbocycles. The molecule has 1 fully saturated rings. The number of aromatic nitrogens is 2. The van der Waals surface area contributed by atoms with E-state index in [1.165, 1.54) is 18.6 Å². The van der Waals surface area contributed by atoms with E-state index in [1.54, 1.807) is 6.07 Å². The first kappa shape index (κ1) is 17.1. The summed E-state index contributed by atoms with van der Waals surface area (Å²) in [5.74, 6) is -0.160. The molecule has 0 radical (unpaired) electrons. The van der Waals surface area contributed by atoms with Crippen molar-refractivity contribution in [2.24, 2.45) is 5.92 Å². The van der Waals surface area contributed by atoms with Gasteiger partial charge in [0.1, 0.15) is 5.82 Å². The third kappa shape index (κ3) is 3.60. The molecule has 2 bridgehead atoms. The number of amides is 1. The number of rotatable bonds is 5. The Labute approximate surface area is 152 Å². The maximum Gasteiger partial charge on any atom is 0.229 e. The van der Waals surface area contributed by atoms with Gasteiger partial charge in [0.15, 0.2) is 0 Å². The number of nitrogens with zero attached hydrogens (tertiary/aromatic N) is 2. The SMILES string of the molecule is CC(CCc1cccc(F)c1)C(=O)Nc1ncc2c(n1)CC1CCC2N1. The maximum absolute atomic E-state index is 13.2. The van der Waals surface area contributed by atoms with E-state index in [0.29, 0.717) is 30.9 Å². The second-order valence-corrected chi connectivity index (χ2v) is 7.35. The second-order valence-electron chi connectivity index (χ2n) is 7.35. The van der Waals surface area contributed by atoms with E-state index in [-0.39, 0.29) is 17.6 Å². The summed E-state index contributed by atoms with van der Waals surface area (Å²) in [4.78, 5) is 21.3. The number of carbonyl (C=O) groups is 1. The zero-order valence-electron chi connectivity index (χ0n) is 14.8. The Hall–Kier alpha value is -2.34. The number of carbonyl (C=O) groups excluding carboxylic acids is 1. The van der Waals surface area contributed by atoms with Crippen molar-refractivity contribution in [1.29, 1.82) is 0 Å². The summed E-state index contributed by atoms with van der Waals surface area (Å²) in [6.45, 7) is 1.87. The molecule has 0 spiro atoms. The molecule has 3 atom stereocenters. The van der Waals surface area contributed by atoms with Gasteiger partial charge in [-0.25, -0.2) is 14.4 Å². The minimum absolute atomic E-state index is 0.0988. The van der Waals surface area contributed by atoms with Crippen molar-refractivity contribution in [2.75, 3.05) is 5.32 Å². The van der Waals surface area contributed by atoms with Crippen LogP contribution in [0.1, 0.15) is 49.0 Å². The smallest absolute Gasteiger partial charge is 0.229 e. The standard InChI is InChI=1S/C20H23FN4O/c1-12(5-6-13-3-2-4-14(21)9-13)19(26)25-20-22-11-16-17-8-7-15(23-17)10-18(16)24-20/h2-4,9,11-12,15,17,23H,5-8,10H2,1H3,(H,22,24,25,26). The molecule has 0 aliphatic carbocycles. The summed E-state index contributed by atoms with van der Waals surface area (Å²) in [6.07, 6.45) is 6.34. The average Bonchev–Trinajstić information content (AvgIpc) is 3.01. The molecular formula is C20H23FN4O. The van der Waals surface area contributed by atoms with Crippen LogP contribution in [0.5, 0.6) is 0 Å². The number of aryl methyl sites for hydroxylation is 1. The highest BCUT2D eigenvalue weighted by Crippen LogP contribution is 2.34. The van der Waals surface area contributed by atoms with Gasteiger partial charge in [0.2, 0.25) is 11.9 Å². The number of anilines is 1. The second kappa shape index (κ2) is 7.11. The van der Waals surface area contributed by atoms with E-state index < -0.39 is 0 Å². The van der Waals surface area contributed by atoms with Gasteiger partial charge in [-0.2, -0.15) is 0 Å². The number of benzene rings is 1. The van der Waals surface area contributed by atoms with E-state index >= 15 is 0 Å². The largest absolute Gasteiger partial charge is 0.307 e. The maximum atomic E-state index is 13.2. The van der Waals surface area contributed by atoms with Crippen LogP contribution < -0.4 is 10.6 Å². The highest BCUT2D eigenvalue weighted by molar-refractivity contribution is 5.90. The fraction of sp³-hybridized carbons (Fsp3) is 0.450. The third-order valence-corrected chi connectivity index (χ3v) is 5.39. The lowest BCUT2D eigenvalue weighted by molar-refractivity contribution is -0.119. The Kier molecular flexibility index (Phi) is 4.68. The van der Waals surface area contributed by atoms with Gasteiger partial charge < -0.3 is 5.32 Å². The summed E-state index contributed by atoms with van der Waals surface area (Å²) in [5.41, 5.74) is 3.11. The Morgan fingerprint density at radius 3 is 3.15 bits per heavy atom. The molecule has 2 aliphatic heterocycles. The fourth-order valence-corrected chi connectivity index (χ4v) is 3.84. The number of hydrogen-bond donors (Lipinski definition) is 2. The third-order valence-electron chi connectivity index (χ3n) is 5.39. The van der Waals surface area contributed by atoms with Crippen LogP contribution in [0.2, 0.25) is 0 Å². The van der Waals surface area contributed by atoms with Gasteiger partial charge in [-0.3, -0.25) is 10.1 Å². The van der Waals surface area contributed by atoms with E-state index in [4.69, 9.17) is 0 Å². The molecule has 2 N–H and O–H groups in total. The predicted octanol–water partition coefficient (Wildman–Crippen LogP) is 3.17. The normalized spacial score (nSPS) is 21.9. The molecular weight excluding hydrogens is 331 g/mol. The molecule has 136 valence electrons. The summed E-state index contributed by atoms with van der Waals surface area (Å²) in [7, 11) is 0. The lowest BCUT2D eigenvalue weighted by atomic mass is 10.0. The van der Waals surface area contributed by atoms with Crippen LogP contribution in [-0.4, -0.2) is 21.9 Å². The Bertz CT molecular complexity index is 825. The highest BCUT2D eigenvalue weighted by Gasteiger charge is 2.33. The monoisotopic (exact) mass is 354 g/mol. The molecule has 4 rings (SSSR count). The van der Waals surface area contributed by atoms with Crippen LogP contribution in [0, 0.1) is 11.7 Å². The molecule has 26 heavy (non-hydrogen) atoms. The van der Waals surface area contributed by atoms with Gasteiger partial charge in [0, 0.05) is 36.2 Å². The zero-order chi connectivity index (χ0) is 18.1. The zero-order valence-corrected chi connectivity index (χ0v) is 14.8. The topological polar surface area (TPSA) is 66.9 Å². The number of hydrogen-bond acceptors (Lipinski definition) is 4. The van der Waals surface area contributed by atoms with Crippen LogP contribution in [0.3, 0.4) is 0 Å². The van der Waals surface area contributed by atoms with Crippen molar-refractivity contribution >= 4 is 11.9 Å². The first-order valence-electron chi connectivity index (χ1n) is 9.25. The molecule has 3 unspecified atom stereocenters. The molecule has 2 aromatic rings. The van der Waals surface area contributed by atoms with Gasteiger partial charge in [-0.05, 0) is 43.4 Å². The summed E-state index contributed by atoms with van der Waals surface area (Å²) in [6, 6.07) is 7.37. The predicted molar refractivity (Wildman–Crippen MR) is 97.1 cm³/mol. The minimum atomic E-state index is -0.245.